The molecular weight excluding hydrogens is 238 g/mol. The number of benzene rings is 1. The van der Waals surface area contributed by atoms with Gasteiger partial charge in [-0.2, -0.15) is 0 Å². The van der Waals surface area contributed by atoms with Gasteiger partial charge in [-0.15, -0.1) is 0 Å². The lowest BCUT2D eigenvalue weighted by molar-refractivity contribution is 0.344. The van der Waals surface area contributed by atoms with E-state index in [-0.39, 0.29) is 0 Å². The molecule has 0 spiro atoms. The average molecular weight is 255 g/mol. The minimum Gasteiger partial charge on any atom is -0.473 e. The highest BCUT2D eigenvalue weighted by Gasteiger charge is 2.07. The SMILES string of the molecule is CCc1c(N)ncnc1OC/C=C/c1ccccc1. The summed E-state index contributed by atoms with van der Waals surface area (Å²) in [5, 5.41) is 0. The minimum absolute atomic E-state index is 0.457. The lowest BCUT2D eigenvalue weighted by atomic mass is 10.2. The van der Waals surface area contributed by atoms with Crippen LogP contribution in [0.5, 0.6) is 5.88 Å². The van der Waals surface area contributed by atoms with E-state index in [4.69, 9.17) is 10.5 Å². The number of nitrogens with two attached hydrogens (primary N) is 1. The van der Waals surface area contributed by atoms with E-state index in [0.29, 0.717) is 18.3 Å². The third-order valence-corrected chi connectivity index (χ3v) is 2.72. The highest BCUT2D eigenvalue weighted by Crippen LogP contribution is 2.19. The molecule has 0 unspecified atom stereocenters. The van der Waals surface area contributed by atoms with Gasteiger partial charge in [-0.3, -0.25) is 0 Å². The van der Waals surface area contributed by atoms with Gasteiger partial charge in [-0.25, -0.2) is 9.97 Å². The van der Waals surface area contributed by atoms with E-state index < -0.39 is 0 Å². The van der Waals surface area contributed by atoms with Crippen molar-refractivity contribution in [1.82, 2.24) is 9.97 Å². The quantitative estimate of drug-likeness (QED) is 0.892. The first-order chi connectivity index (χ1) is 9.31. The first-order valence-electron chi connectivity index (χ1n) is 6.25. The molecule has 0 radical (unpaired) electrons. The summed E-state index contributed by atoms with van der Waals surface area (Å²) in [5.74, 6) is 1.05. The van der Waals surface area contributed by atoms with Crippen LogP contribution < -0.4 is 10.5 Å². The molecule has 0 aliphatic carbocycles. The fraction of sp³-hybridized carbons (Fsp3) is 0.200. The van der Waals surface area contributed by atoms with Gasteiger partial charge in [0.25, 0.3) is 0 Å². The Labute approximate surface area is 113 Å². The molecule has 2 N–H and O–H groups in total. The Morgan fingerprint density at radius 1 is 1.21 bits per heavy atom. The van der Waals surface area contributed by atoms with Crippen molar-refractivity contribution < 1.29 is 4.74 Å². The number of anilines is 1. The maximum atomic E-state index is 5.78. The van der Waals surface area contributed by atoms with E-state index in [1.807, 2.05) is 49.4 Å². The Balaban J connectivity index is 1.96. The average Bonchev–Trinajstić information content (AvgIpc) is 2.45. The standard InChI is InChI=1S/C15H17N3O/c1-2-13-14(16)17-11-18-15(13)19-10-6-9-12-7-4-3-5-8-12/h3-9,11H,2,10H2,1H3,(H2,16,17,18)/b9-6+. The van der Waals surface area contributed by atoms with Crippen LogP contribution >= 0.6 is 0 Å². The van der Waals surface area contributed by atoms with Crippen LogP contribution in [0.1, 0.15) is 18.1 Å². The van der Waals surface area contributed by atoms with Crippen molar-refractivity contribution >= 4 is 11.9 Å². The van der Waals surface area contributed by atoms with Gasteiger partial charge < -0.3 is 10.5 Å². The lowest BCUT2D eigenvalue weighted by Crippen LogP contribution is -2.04. The molecule has 1 heterocycles. The predicted molar refractivity (Wildman–Crippen MR) is 76.8 cm³/mol. The first kappa shape index (κ1) is 13.1. The second-order valence-electron chi connectivity index (χ2n) is 4.02. The van der Waals surface area contributed by atoms with Gasteiger partial charge in [0.05, 0.1) is 5.56 Å². The zero-order valence-corrected chi connectivity index (χ0v) is 10.9. The Kier molecular flexibility index (Phi) is 4.50. The summed E-state index contributed by atoms with van der Waals surface area (Å²) in [6.07, 6.45) is 6.14. The number of ether oxygens (including phenoxy) is 1. The molecular formula is C15H17N3O. The summed E-state index contributed by atoms with van der Waals surface area (Å²) in [6.45, 7) is 2.46. The van der Waals surface area contributed by atoms with E-state index in [1.54, 1.807) is 0 Å². The molecule has 2 rings (SSSR count). The molecule has 2 aromatic rings. The second-order valence-corrected chi connectivity index (χ2v) is 4.02. The van der Waals surface area contributed by atoms with Gasteiger partial charge in [0.2, 0.25) is 5.88 Å². The number of hydrogen-bond donors (Lipinski definition) is 1. The van der Waals surface area contributed by atoms with Crippen LogP contribution in [0.4, 0.5) is 5.82 Å². The molecule has 0 aliphatic heterocycles. The molecule has 0 fully saturated rings. The molecule has 4 heteroatoms. The lowest BCUT2D eigenvalue weighted by Gasteiger charge is -2.08. The van der Waals surface area contributed by atoms with Crippen molar-refractivity contribution in [2.24, 2.45) is 0 Å². The number of rotatable bonds is 5. The van der Waals surface area contributed by atoms with Crippen molar-refractivity contribution in [1.29, 1.82) is 0 Å². The third-order valence-electron chi connectivity index (χ3n) is 2.72. The molecule has 1 aromatic carbocycles. The number of nitrogen functional groups attached to an aromatic ring is 1. The monoisotopic (exact) mass is 255 g/mol. The summed E-state index contributed by atoms with van der Waals surface area (Å²) >= 11 is 0. The second kappa shape index (κ2) is 6.54. The van der Waals surface area contributed by atoms with Crippen molar-refractivity contribution in [3.05, 3.63) is 53.9 Å². The summed E-state index contributed by atoms with van der Waals surface area (Å²) < 4.78 is 5.61. The Bertz CT molecular complexity index is 553. The fourth-order valence-electron chi connectivity index (χ4n) is 1.74. The molecule has 19 heavy (non-hydrogen) atoms. The van der Waals surface area contributed by atoms with E-state index in [0.717, 1.165) is 17.5 Å². The Morgan fingerprint density at radius 3 is 2.74 bits per heavy atom. The van der Waals surface area contributed by atoms with Crippen LogP contribution in [0.15, 0.2) is 42.7 Å². The zero-order valence-electron chi connectivity index (χ0n) is 10.9. The van der Waals surface area contributed by atoms with Gasteiger partial charge in [-0.1, -0.05) is 43.3 Å². The van der Waals surface area contributed by atoms with E-state index in [9.17, 15) is 0 Å². The van der Waals surface area contributed by atoms with Crippen molar-refractivity contribution in [3.8, 4) is 5.88 Å². The zero-order chi connectivity index (χ0) is 13.5. The fourth-order valence-corrected chi connectivity index (χ4v) is 1.74. The van der Waals surface area contributed by atoms with Crippen molar-refractivity contribution in [2.45, 2.75) is 13.3 Å². The van der Waals surface area contributed by atoms with Crippen LogP contribution in [0, 0.1) is 0 Å². The third kappa shape index (κ3) is 3.55. The number of aromatic nitrogens is 2. The number of hydrogen-bond acceptors (Lipinski definition) is 4. The summed E-state index contributed by atoms with van der Waals surface area (Å²) in [7, 11) is 0. The smallest absolute Gasteiger partial charge is 0.222 e. The summed E-state index contributed by atoms with van der Waals surface area (Å²) in [4.78, 5) is 8.06. The molecule has 1 aromatic heterocycles. The van der Waals surface area contributed by atoms with Gasteiger partial charge in [-0.05, 0) is 18.1 Å². The summed E-state index contributed by atoms with van der Waals surface area (Å²) in [6, 6.07) is 10.1. The first-order valence-corrected chi connectivity index (χ1v) is 6.25. The van der Waals surface area contributed by atoms with E-state index >= 15 is 0 Å². The van der Waals surface area contributed by atoms with Crippen LogP contribution in [-0.2, 0) is 6.42 Å². The summed E-state index contributed by atoms with van der Waals surface area (Å²) in [5.41, 5.74) is 7.78. The van der Waals surface area contributed by atoms with Crippen LogP contribution in [0.25, 0.3) is 6.08 Å². The highest BCUT2D eigenvalue weighted by molar-refractivity contribution is 5.49. The predicted octanol–water partition coefficient (Wildman–Crippen LogP) is 2.71. The molecule has 4 nitrogen and oxygen atoms in total. The Hall–Kier alpha value is -2.36. The van der Waals surface area contributed by atoms with Gasteiger partial charge in [0, 0.05) is 0 Å². The normalized spacial score (nSPS) is 10.8. The van der Waals surface area contributed by atoms with Gasteiger partial charge >= 0.3 is 0 Å². The molecule has 0 aliphatic rings. The van der Waals surface area contributed by atoms with Crippen molar-refractivity contribution in [2.75, 3.05) is 12.3 Å². The highest BCUT2D eigenvalue weighted by atomic mass is 16.5. The molecule has 98 valence electrons. The molecule has 0 bridgehead atoms. The van der Waals surface area contributed by atoms with Crippen LogP contribution in [0.2, 0.25) is 0 Å². The van der Waals surface area contributed by atoms with Crippen LogP contribution in [0.3, 0.4) is 0 Å². The van der Waals surface area contributed by atoms with Crippen LogP contribution in [-0.4, -0.2) is 16.6 Å². The molecule has 0 saturated heterocycles. The molecule has 0 saturated carbocycles. The largest absolute Gasteiger partial charge is 0.473 e. The van der Waals surface area contributed by atoms with Crippen molar-refractivity contribution in [3.63, 3.8) is 0 Å². The topological polar surface area (TPSA) is 61.0 Å². The van der Waals surface area contributed by atoms with Gasteiger partial charge in [0.15, 0.2) is 0 Å². The maximum Gasteiger partial charge on any atom is 0.222 e. The van der Waals surface area contributed by atoms with E-state index in [1.165, 1.54) is 6.33 Å². The number of nitrogens with zero attached hydrogens (tertiary/aromatic N) is 2. The molecule has 0 atom stereocenters. The molecule has 0 amide bonds. The Morgan fingerprint density at radius 2 is 2.00 bits per heavy atom. The van der Waals surface area contributed by atoms with E-state index in [2.05, 4.69) is 9.97 Å². The minimum atomic E-state index is 0.457. The maximum absolute atomic E-state index is 5.78. The van der Waals surface area contributed by atoms with Gasteiger partial charge in [0.1, 0.15) is 18.8 Å².